The first kappa shape index (κ1) is 18.6. The molecule has 5 nitrogen and oxygen atoms in total. The van der Waals surface area contributed by atoms with E-state index in [9.17, 15) is 18.0 Å². The molecule has 1 N–H and O–H groups in total. The lowest BCUT2D eigenvalue weighted by Gasteiger charge is -2.14. The van der Waals surface area contributed by atoms with E-state index >= 15 is 0 Å². The van der Waals surface area contributed by atoms with Gasteiger partial charge in [-0.15, -0.1) is 0 Å². The standard InChI is InChI=1S/C19H16F3N3O2/c1-27-16-5-3-2-4-13(16)15-9-17(24-10-23-15)25-18(26)7-11-6-12(20)8-14(21)19(11)22/h2,4,6,8-10H,3,5,7H2,1H3,(H,23,24,25,26). The van der Waals surface area contributed by atoms with Gasteiger partial charge < -0.3 is 10.1 Å². The highest BCUT2D eigenvalue weighted by atomic mass is 19.2. The van der Waals surface area contributed by atoms with E-state index in [1.54, 1.807) is 13.2 Å². The Labute approximate surface area is 153 Å². The zero-order chi connectivity index (χ0) is 19.4. The van der Waals surface area contributed by atoms with Crippen molar-refractivity contribution in [2.45, 2.75) is 19.3 Å². The molecular formula is C19H16F3N3O2. The molecule has 1 aliphatic carbocycles. The molecule has 3 rings (SSSR count). The Kier molecular flexibility index (Phi) is 5.54. The first-order valence-electron chi connectivity index (χ1n) is 8.17. The number of anilines is 1. The van der Waals surface area contributed by atoms with E-state index in [1.165, 1.54) is 6.33 Å². The van der Waals surface area contributed by atoms with Crippen LogP contribution < -0.4 is 5.32 Å². The molecule has 8 heteroatoms. The van der Waals surface area contributed by atoms with Crippen LogP contribution in [0.2, 0.25) is 0 Å². The van der Waals surface area contributed by atoms with Gasteiger partial charge in [-0.1, -0.05) is 12.2 Å². The number of methoxy groups -OCH3 is 1. The number of benzene rings is 1. The summed E-state index contributed by atoms with van der Waals surface area (Å²) in [5.74, 6) is -3.26. The van der Waals surface area contributed by atoms with E-state index in [4.69, 9.17) is 4.74 Å². The van der Waals surface area contributed by atoms with Crippen molar-refractivity contribution in [2.75, 3.05) is 12.4 Å². The minimum atomic E-state index is -1.34. The van der Waals surface area contributed by atoms with Crippen LogP contribution in [0.4, 0.5) is 19.0 Å². The second-order valence-electron chi connectivity index (χ2n) is 5.86. The number of allylic oxidation sites excluding steroid dienone is 4. The molecular weight excluding hydrogens is 359 g/mol. The minimum Gasteiger partial charge on any atom is -0.500 e. The summed E-state index contributed by atoms with van der Waals surface area (Å²) < 4.78 is 45.5. The topological polar surface area (TPSA) is 64.1 Å². The molecule has 1 heterocycles. The molecule has 0 aliphatic heterocycles. The summed E-state index contributed by atoms with van der Waals surface area (Å²) in [7, 11) is 1.57. The molecule has 0 saturated carbocycles. The van der Waals surface area contributed by atoms with Gasteiger partial charge in [0.15, 0.2) is 11.6 Å². The minimum absolute atomic E-state index is 0.184. The van der Waals surface area contributed by atoms with Crippen LogP contribution in [0.25, 0.3) is 5.57 Å². The molecule has 1 aromatic carbocycles. The van der Waals surface area contributed by atoms with Crippen LogP contribution in [0.3, 0.4) is 0 Å². The van der Waals surface area contributed by atoms with Crippen LogP contribution in [-0.4, -0.2) is 23.0 Å². The highest BCUT2D eigenvalue weighted by Crippen LogP contribution is 2.27. The molecule has 0 unspecified atom stereocenters. The zero-order valence-corrected chi connectivity index (χ0v) is 14.4. The Hall–Kier alpha value is -3.16. The Morgan fingerprint density at radius 1 is 1.22 bits per heavy atom. The lowest BCUT2D eigenvalue weighted by molar-refractivity contribution is -0.115. The number of hydrogen-bond acceptors (Lipinski definition) is 4. The number of halogens is 3. The first-order chi connectivity index (χ1) is 13.0. The number of carbonyl (C=O) groups excluding carboxylic acids is 1. The summed E-state index contributed by atoms with van der Waals surface area (Å²) >= 11 is 0. The summed E-state index contributed by atoms with van der Waals surface area (Å²) in [6.07, 6.45) is 6.19. The van der Waals surface area contributed by atoms with Crippen LogP contribution in [0.1, 0.15) is 24.1 Å². The molecule has 0 radical (unpaired) electrons. The van der Waals surface area contributed by atoms with Gasteiger partial charge in [-0.3, -0.25) is 4.79 Å². The Morgan fingerprint density at radius 3 is 2.81 bits per heavy atom. The number of nitrogens with zero attached hydrogens (tertiary/aromatic N) is 2. The molecule has 1 amide bonds. The van der Waals surface area contributed by atoms with Gasteiger partial charge in [0.05, 0.1) is 19.2 Å². The number of aromatic nitrogens is 2. The van der Waals surface area contributed by atoms with Crippen molar-refractivity contribution < 1.29 is 22.7 Å². The van der Waals surface area contributed by atoms with Crippen LogP contribution in [0.15, 0.2) is 42.4 Å². The molecule has 1 aliphatic rings. The fraction of sp³-hybridized carbons (Fsp3) is 0.211. The van der Waals surface area contributed by atoms with Gasteiger partial charge in [-0.25, -0.2) is 23.1 Å². The number of amides is 1. The van der Waals surface area contributed by atoms with Gasteiger partial charge in [0, 0.05) is 29.7 Å². The van der Waals surface area contributed by atoms with Crippen LogP contribution in [-0.2, 0) is 16.0 Å². The largest absolute Gasteiger partial charge is 0.500 e. The molecule has 140 valence electrons. The van der Waals surface area contributed by atoms with Gasteiger partial charge in [0.25, 0.3) is 0 Å². The number of hydrogen-bond donors (Lipinski definition) is 1. The summed E-state index contributed by atoms with van der Waals surface area (Å²) in [4.78, 5) is 20.3. The van der Waals surface area contributed by atoms with E-state index in [1.807, 2.05) is 12.2 Å². The Bertz CT molecular complexity index is 942. The molecule has 2 aromatic rings. The van der Waals surface area contributed by atoms with Crippen molar-refractivity contribution in [1.82, 2.24) is 9.97 Å². The highest BCUT2D eigenvalue weighted by Gasteiger charge is 2.16. The van der Waals surface area contributed by atoms with Gasteiger partial charge in [-0.05, 0) is 12.5 Å². The molecule has 0 atom stereocenters. The van der Waals surface area contributed by atoms with Crippen molar-refractivity contribution in [3.8, 4) is 0 Å². The number of rotatable bonds is 5. The lowest BCUT2D eigenvalue weighted by Crippen LogP contribution is -2.17. The fourth-order valence-corrected chi connectivity index (χ4v) is 2.75. The van der Waals surface area contributed by atoms with Crippen molar-refractivity contribution in [3.05, 3.63) is 71.1 Å². The molecule has 0 bridgehead atoms. The Balaban J connectivity index is 1.78. The number of ether oxygens (including phenoxy) is 1. The molecule has 0 fully saturated rings. The second kappa shape index (κ2) is 8.03. The third kappa shape index (κ3) is 4.33. The average Bonchev–Trinajstić information content (AvgIpc) is 2.65. The Morgan fingerprint density at radius 2 is 2.04 bits per heavy atom. The number of carbonyl (C=O) groups is 1. The average molecular weight is 375 g/mol. The molecule has 0 saturated heterocycles. The van der Waals surface area contributed by atoms with Crippen LogP contribution >= 0.6 is 0 Å². The van der Waals surface area contributed by atoms with Crippen molar-refractivity contribution in [1.29, 1.82) is 0 Å². The third-order valence-corrected chi connectivity index (χ3v) is 4.00. The van der Waals surface area contributed by atoms with E-state index in [2.05, 4.69) is 15.3 Å². The van der Waals surface area contributed by atoms with Crippen molar-refractivity contribution in [3.63, 3.8) is 0 Å². The smallest absolute Gasteiger partial charge is 0.230 e. The maximum atomic E-state index is 13.7. The normalized spacial score (nSPS) is 13.6. The maximum absolute atomic E-state index is 13.7. The quantitative estimate of drug-likeness (QED) is 0.808. The van der Waals surface area contributed by atoms with Gasteiger partial charge in [0.1, 0.15) is 23.7 Å². The SMILES string of the molecule is COC1=C(c2cc(NC(=O)Cc3cc(F)cc(F)c3F)ncn2)C=CCC1. The second-order valence-corrected chi connectivity index (χ2v) is 5.86. The van der Waals surface area contributed by atoms with Crippen LogP contribution in [0, 0.1) is 17.5 Å². The summed E-state index contributed by atoms with van der Waals surface area (Å²) in [6.45, 7) is 0. The predicted molar refractivity (Wildman–Crippen MR) is 93.0 cm³/mol. The molecule has 1 aromatic heterocycles. The third-order valence-electron chi connectivity index (χ3n) is 4.00. The summed E-state index contributed by atoms with van der Waals surface area (Å²) in [5.41, 5.74) is 0.954. The van der Waals surface area contributed by atoms with E-state index in [0.29, 0.717) is 11.8 Å². The maximum Gasteiger partial charge on any atom is 0.230 e. The summed E-state index contributed by atoms with van der Waals surface area (Å²) in [5, 5.41) is 2.48. The fourth-order valence-electron chi connectivity index (χ4n) is 2.75. The predicted octanol–water partition coefficient (Wildman–Crippen LogP) is 3.78. The van der Waals surface area contributed by atoms with Crippen molar-refractivity contribution >= 4 is 17.3 Å². The van der Waals surface area contributed by atoms with Gasteiger partial charge in [0.2, 0.25) is 5.91 Å². The van der Waals surface area contributed by atoms with E-state index < -0.39 is 29.8 Å². The number of nitrogens with one attached hydrogen (secondary N) is 1. The summed E-state index contributed by atoms with van der Waals surface area (Å²) in [6, 6.07) is 2.75. The zero-order valence-electron chi connectivity index (χ0n) is 14.4. The highest BCUT2D eigenvalue weighted by molar-refractivity contribution is 5.92. The van der Waals surface area contributed by atoms with Crippen molar-refractivity contribution in [2.24, 2.45) is 0 Å². The van der Waals surface area contributed by atoms with E-state index in [-0.39, 0.29) is 11.4 Å². The molecule has 0 spiro atoms. The molecule has 27 heavy (non-hydrogen) atoms. The first-order valence-corrected chi connectivity index (χ1v) is 8.17. The van der Waals surface area contributed by atoms with Gasteiger partial charge >= 0.3 is 0 Å². The lowest BCUT2D eigenvalue weighted by atomic mass is 10.0. The van der Waals surface area contributed by atoms with E-state index in [0.717, 1.165) is 30.2 Å². The monoisotopic (exact) mass is 375 g/mol. The van der Waals surface area contributed by atoms with Gasteiger partial charge in [-0.2, -0.15) is 0 Å². The van der Waals surface area contributed by atoms with Crippen LogP contribution in [0.5, 0.6) is 0 Å².